The third-order valence-electron chi connectivity index (χ3n) is 3.16. The SMILES string of the molecule is CCN1C(=O)N(COC(=O)C(C)(C)C)C(C)(C)C1=O. The van der Waals surface area contributed by atoms with Gasteiger partial charge in [-0.25, -0.2) is 4.79 Å². The van der Waals surface area contributed by atoms with Gasteiger partial charge in [0.05, 0.1) is 5.41 Å². The van der Waals surface area contributed by atoms with E-state index in [-0.39, 0.29) is 12.6 Å². The summed E-state index contributed by atoms with van der Waals surface area (Å²) in [6.45, 7) is 10.3. The average Bonchev–Trinajstić information content (AvgIpc) is 2.43. The van der Waals surface area contributed by atoms with E-state index in [1.807, 2.05) is 0 Å². The third-order valence-corrected chi connectivity index (χ3v) is 3.16. The Labute approximate surface area is 113 Å². The van der Waals surface area contributed by atoms with Crippen molar-refractivity contribution < 1.29 is 19.1 Å². The minimum Gasteiger partial charge on any atom is -0.444 e. The van der Waals surface area contributed by atoms with Gasteiger partial charge in [0, 0.05) is 6.54 Å². The highest BCUT2D eigenvalue weighted by molar-refractivity contribution is 6.06. The first-order chi connectivity index (χ1) is 8.53. The molecule has 0 aromatic rings. The van der Waals surface area contributed by atoms with Crippen molar-refractivity contribution in [2.45, 2.75) is 47.1 Å². The number of imide groups is 1. The minimum absolute atomic E-state index is 0.204. The smallest absolute Gasteiger partial charge is 0.330 e. The van der Waals surface area contributed by atoms with E-state index in [1.165, 1.54) is 4.90 Å². The normalized spacial score (nSPS) is 19.1. The lowest BCUT2D eigenvalue weighted by Gasteiger charge is -2.28. The summed E-state index contributed by atoms with van der Waals surface area (Å²) in [5, 5.41) is 0. The van der Waals surface area contributed by atoms with E-state index in [4.69, 9.17) is 4.74 Å². The maximum Gasteiger partial charge on any atom is 0.330 e. The lowest BCUT2D eigenvalue weighted by atomic mass is 9.97. The first-order valence-corrected chi connectivity index (χ1v) is 6.34. The first-order valence-electron chi connectivity index (χ1n) is 6.34. The van der Waals surface area contributed by atoms with Crippen LogP contribution < -0.4 is 0 Å². The summed E-state index contributed by atoms with van der Waals surface area (Å²) in [6.07, 6.45) is 0. The van der Waals surface area contributed by atoms with E-state index >= 15 is 0 Å². The van der Waals surface area contributed by atoms with Crippen LogP contribution in [-0.4, -0.2) is 46.5 Å². The summed E-state index contributed by atoms with van der Waals surface area (Å²) < 4.78 is 5.12. The van der Waals surface area contributed by atoms with E-state index in [1.54, 1.807) is 41.5 Å². The van der Waals surface area contributed by atoms with Crippen LogP contribution in [0.5, 0.6) is 0 Å². The number of hydrogen-bond acceptors (Lipinski definition) is 4. The van der Waals surface area contributed by atoms with Crippen molar-refractivity contribution in [3.05, 3.63) is 0 Å². The van der Waals surface area contributed by atoms with Crippen molar-refractivity contribution >= 4 is 17.9 Å². The molecule has 0 aromatic heterocycles. The second-order valence-electron chi connectivity index (χ2n) is 6.13. The molecule has 0 bridgehead atoms. The summed E-state index contributed by atoms with van der Waals surface area (Å²) in [5.41, 5.74) is -1.62. The van der Waals surface area contributed by atoms with Gasteiger partial charge in [-0.3, -0.25) is 19.4 Å². The number of esters is 1. The van der Waals surface area contributed by atoms with E-state index in [2.05, 4.69) is 0 Å². The van der Waals surface area contributed by atoms with Crippen LogP contribution in [0.4, 0.5) is 4.79 Å². The highest BCUT2D eigenvalue weighted by atomic mass is 16.5. The summed E-state index contributed by atoms with van der Waals surface area (Å²) in [5.74, 6) is -0.676. The second-order valence-corrected chi connectivity index (χ2v) is 6.13. The molecule has 1 heterocycles. The standard InChI is InChI=1S/C13H22N2O4/c1-7-14-9(16)13(5,6)15(11(14)18)8-19-10(17)12(2,3)4/h7-8H2,1-6H3. The molecule has 1 saturated heterocycles. The maximum atomic E-state index is 12.1. The van der Waals surface area contributed by atoms with Gasteiger partial charge in [-0.1, -0.05) is 0 Å². The first kappa shape index (κ1) is 15.5. The molecule has 6 nitrogen and oxygen atoms in total. The molecule has 108 valence electrons. The Morgan fingerprint density at radius 3 is 2.16 bits per heavy atom. The Hall–Kier alpha value is -1.59. The molecule has 0 N–H and O–H groups in total. The summed E-state index contributed by atoms with van der Waals surface area (Å²) in [4.78, 5) is 38.3. The summed E-state index contributed by atoms with van der Waals surface area (Å²) in [6, 6.07) is -0.417. The van der Waals surface area contributed by atoms with Gasteiger partial charge >= 0.3 is 12.0 Å². The van der Waals surface area contributed by atoms with Crippen LogP contribution in [-0.2, 0) is 14.3 Å². The Bertz CT molecular complexity index is 409. The molecule has 0 aliphatic carbocycles. The van der Waals surface area contributed by atoms with Crippen LogP contribution in [0.15, 0.2) is 0 Å². The third kappa shape index (κ3) is 2.72. The Morgan fingerprint density at radius 2 is 1.79 bits per heavy atom. The van der Waals surface area contributed by atoms with Gasteiger partial charge in [0.2, 0.25) is 0 Å². The lowest BCUT2D eigenvalue weighted by Crippen LogP contribution is -2.46. The van der Waals surface area contributed by atoms with Gasteiger partial charge in [0.25, 0.3) is 5.91 Å². The molecule has 0 spiro atoms. The molecule has 3 amide bonds. The number of nitrogens with zero attached hydrogens (tertiary/aromatic N) is 2. The maximum absolute atomic E-state index is 12.1. The summed E-state index contributed by atoms with van der Waals surface area (Å²) in [7, 11) is 0. The monoisotopic (exact) mass is 270 g/mol. The number of carbonyl (C=O) groups excluding carboxylic acids is 3. The second kappa shape index (κ2) is 4.83. The predicted molar refractivity (Wildman–Crippen MR) is 69.1 cm³/mol. The predicted octanol–water partition coefficient (Wildman–Crippen LogP) is 1.60. The zero-order chi connectivity index (χ0) is 15.0. The number of rotatable bonds is 3. The van der Waals surface area contributed by atoms with Gasteiger partial charge < -0.3 is 4.74 Å². The van der Waals surface area contributed by atoms with E-state index in [9.17, 15) is 14.4 Å². The van der Waals surface area contributed by atoms with E-state index in [0.29, 0.717) is 6.54 Å². The molecule has 1 fully saturated rings. The number of likely N-dealkylation sites (N-methyl/N-ethyl adjacent to an activating group) is 1. The zero-order valence-electron chi connectivity index (χ0n) is 12.4. The minimum atomic E-state index is -0.981. The van der Waals surface area contributed by atoms with Crippen molar-refractivity contribution in [2.75, 3.05) is 13.3 Å². The van der Waals surface area contributed by atoms with Crippen molar-refractivity contribution in [1.29, 1.82) is 0 Å². The highest BCUT2D eigenvalue weighted by Gasteiger charge is 2.51. The van der Waals surface area contributed by atoms with Crippen LogP contribution in [0.25, 0.3) is 0 Å². The fourth-order valence-electron chi connectivity index (χ4n) is 1.75. The van der Waals surface area contributed by atoms with Crippen LogP contribution >= 0.6 is 0 Å². The highest BCUT2D eigenvalue weighted by Crippen LogP contribution is 2.27. The number of amides is 3. The fraction of sp³-hybridized carbons (Fsp3) is 0.769. The molecule has 0 aromatic carbocycles. The number of ether oxygens (including phenoxy) is 1. The van der Waals surface area contributed by atoms with Crippen molar-refractivity contribution in [2.24, 2.45) is 5.41 Å². The summed E-state index contributed by atoms with van der Waals surface area (Å²) >= 11 is 0. The molecule has 0 saturated carbocycles. The average molecular weight is 270 g/mol. The molecule has 0 radical (unpaired) electrons. The number of carbonyl (C=O) groups is 3. The lowest BCUT2D eigenvalue weighted by molar-refractivity contribution is -0.158. The molecular formula is C13H22N2O4. The van der Waals surface area contributed by atoms with Gasteiger partial charge in [0.15, 0.2) is 6.73 Å². The molecule has 1 aliphatic heterocycles. The van der Waals surface area contributed by atoms with Gasteiger partial charge in [-0.15, -0.1) is 0 Å². The van der Waals surface area contributed by atoms with E-state index < -0.39 is 23.0 Å². The zero-order valence-corrected chi connectivity index (χ0v) is 12.4. The fourth-order valence-corrected chi connectivity index (χ4v) is 1.75. The Kier molecular flexibility index (Phi) is 3.93. The number of urea groups is 1. The van der Waals surface area contributed by atoms with Gasteiger partial charge in [-0.05, 0) is 41.5 Å². The molecule has 1 rings (SSSR count). The van der Waals surface area contributed by atoms with Crippen LogP contribution in [0.1, 0.15) is 41.5 Å². The molecular weight excluding hydrogens is 248 g/mol. The van der Waals surface area contributed by atoms with E-state index in [0.717, 1.165) is 4.90 Å². The van der Waals surface area contributed by atoms with Gasteiger partial charge in [-0.2, -0.15) is 0 Å². The van der Waals surface area contributed by atoms with Crippen molar-refractivity contribution in [1.82, 2.24) is 9.80 Å². The molecule has 0 unspecified atom stereocenters. The Morgan fingerprint density at radius 1 is 1.26 bits per heavy atom. The van der Waals surface area contributed by atoms with Crippen LogP contribution in [0.2, 0.25) is 0 Å². The topological polar surface area (TPSA) is 66.9 Å². The molecule has 0 atom stereocenters. The van der Waals surface area contributed by atoms with Gasteiger partial charge in [0.1, 0.15) is 5.54 Å². The molecule has 6 heteroatoms. The molecule has 19 heavy (non-hydrogen) atoms. The van der Waals surface area contributed by atoms with Crippen molar-refractivity contribution in [3.8, 4) is 0 Å². The Balaban J connectivity index is 2.81. The van der Waals surface area contributed by atoms with Crippen LogP contribution in [0, 0.1) is 5.41 Å². The molecule has 1 aliphatic rings. The largest absolute Gasteiger partial charge is 0.444 e. The van der Waals surface area contributed by atoms with Crippen LogP contribution in [0.3, 0.4) is 0 Å². The van der Waals surface area contributed by atoms with Crippen molar-refractivity contribution in [3.63, 3.8) is 0 Å². The quantitative estimate of drug-likeness (QED) is 0.577. The number of hydrogen-bond donors (Lipinski definition) is 0.